The second kappa shape index (κ2) is 34.0. The van der Waals surface area contributed by atoms with Crippen LogP contribution in [-0.4, -0.2) is 193 Å². The first kappa shape index (κ1) is 70.7. The number of H-pyrrole nitrogens is 2. The average molecular weight is 1280 g/mol. The van der Waals surface area contributed by atoms with Crippen molar-refractivity contribution in [2.24, 2.45) is 17.4 Å². The van der Waals surface area contributed by atoms with Crippen LogP contribution >= 0.6 is 11.8 Å². The molecule has 0 aliphatic carbocycles. The van der Waals surface area contributed by atoms with E-state index in [1.807, 2.05) is 6.26 Å². The SMILES string of the molecule is CSCC[C@H](NC(=O)[C@H](Cc1ccccc1)NC(=O)[C@H](Cc1cnc[nH]1)NC(=O)CNC(=O)C(NC(=O)[C@H](C)NC(=O)[C@H](Cc1c[nH]c2ccccc12)NC(=O)[C@H](CCC(N)=O)NC(=O)[C@@H]1CCCN1C(=O)[C@@H](NC(=O)C1CCC(=O)N1)[C@@H](C)O)C(C)C)C(N)=O. The van der Waals surface area contributed by atoms with Crippen LogP contribution in [-0.2, 0) is 81.6 Å². The Kier molecular flexibility index (Phi) is 26.4. The highest BCUT2D eigenvalue weighted by molar-refractivity contribution is 7.98. The van der Waals surface area contributed by atoms with Crippen LogP contribution in [0.1, 0.15) is 89.5 Å². The molecular formula is C60H82N16O14S. The smallest absolute Gasteiger partial charge is 0.248 e. The Morgan fingerprint density at radius 3 is 1.96 bits per heavy atom. The lowest BCUT2D eigenvalue weighted by Crippen LogP contribution is -2.61. The van der Waals surface area contributed by atoms with Gasteiger partial charge in [-0.05, 0) is 81.1 Å². The molecule has 2 aliphatic heterocycles. The van der Waals surface area contributed by atoms with Crippen molar-refractivity contribution in [2.45, 2.75) is 158 Å². The molecular weight excluding hydrogens is 1200 g/mol. The summed E-state index contributed by atoms with van der Waals surface area (Å²) < 4.78 is 0. The molecule has 2 saturated heterocycles. The highest BCUT2D eigenvalue weighted by Crippen LogP contribution is 2.22. The molecule has 2 aromatic carbocycles. The van der Waals surface area contributed by atoms with Crippen molar-refractivity contribution in [1.82, 2.24) is 73.0 Å². The summed E-state index contributed by atoms with van der Waals surface area (Å²) in [6.45, 7) is 5.17. The number of amides is 13. The molecule has 2 fully saturated rings. The van der Waals surface area contributed by atoms with Gasteiger partial charge in [-0.25, -0.2) is 4.98 Å². The van der Waals surface area contributed by atoms with Crippen LogP contribution in [0.3, 0.4) is 0 Å². The number of fused-ring (bicyclic) bond motifs is 1. The van der Waals surface area contributed by atoms with E-state index in [1.165, 1.54) is 38.1 Å². The Labute approximate surface area is 529 Å². The zero-order chi connectivity index (χ0) is 66.5. The van der Waals surface area contributed by atoms with Crippen molar-refractivity contribution >= 4 is 99.5 Å². The molecule has 2 aliphatic rings. The van der Waals surface area contributed by atoms with Gasteiger partial charge in [0.05, 0.1) is 19.0 Å². The number of benzene rings is 2. The lowest BCUT2D eigenvalue weighted by molar-refractivity contribution is -0.144. The quantitative estimate of drug-likeness (QED) is 0.0218. The van der Waals surface area contributed by atoms with E-state index in [-0.39, 0.29) is 63.8 Å². The number of rotatable bonds is 34. The second-order valence-electron chi connectivity index (χ2n) is 22.8. The number of nitrogens with two attached hydrogens (primary N) is 2. The summed E-state index contributed by atoms with van der Waals surface area (Å²) >= 11 is 1.45. The Morgan fingerprint density at radius 1 is 0.681 bits per heavy atom. The molecule has 0 spiro atoms. The molecule has 11 atom stereocenters. The predicted molar refractivity (Wildman–Crippen MR) is 332 cm³/mol. The van der Waals surface area contributed by atoms with Crippen LogP contribution in [0.5, 0.6) is 0 Å². The highest BCUT2D eigenvalue weighted by atomic mass is 32.2. The number of para-hydroxylation sites is 1. The van der Waals surface area contributed by atoms with E-state index >= 15 is 0 Å². The minimum Gasteiger partial charge on any atom is -0.391 e. The summed E-state index contributed by atoms with van der Waals surface area (Å²) in [7, 11) is 0. The van der Waals surface area contributed by atoms with Gasteiger partial charge in [0.25, 0.3) is 0 Å². The molecule has 31 heteroatoms. The van der Waals surface area contributed by atoms with Gasteiger partial charge >= 0.3 is 0 Å². The largest absolute Gasteiger partial charge is 0.391 e. The van der Waals surface area contributed by atoms with Crippen LogP contribution in [0.15, 0.2) is 73.3 Å². The molecule has 2 aromatic heterocycles. The Bertz CT molecular complexity index is 3250. The highest BCUT2D eigenvalue weighted by Gasteiger charge is 2.42. The molecule has 17 N–H and O–H groups in total. The molecule has 30 nitrogen and oxygen atoms in total. The minimum absolute atomic E-state index is 0.000713. The fraction of sp³-hybridized carbons (Fsp3) is 0.500. The van der Waals surface area contributed by atoms with E-state index in [4.69, 9.17) is 11.5 Å². The summed E-state index contributed by atoms with van der Waals surface area (Å²) in [5.74, 6) is -10.2. The fourth-order valence-corrected chi connectivity index (χ4v) is 10.9. The zero-order valence-electron chi connectivity index (χ0n) is 51.3. The van der Waals surface area contributed by atoms with Gasteiger partial charge in [0, 0.05) is 67.6 Å². The molecule has 6 rings (SSSR count). The number of aliphatic hydroxyl groups is 1. The maximum atomic E-state index is 14.4. The van der Waals surface area contributed by atoms with Gasteiger partial charge in [-0.3, -0.25) is 62.3 Å². The summed E-state index contributed by atoms with van der Waals surface area (Å²) in [5.41, 5.74) is 13.5. The van der Waals surface area contributed by atoms with Crippen LogP contribution in [0.25, 0.3) is 10.9 Å². The van der Waals surface area contributed by atoms with E-state index < -0.39 is 156 Å². The van der Waals surface area contributed by atoms with Crippen molar-refractivity contribution in [1.29, 1.82) is 0 Å². The summed E-state index contributed by atoms with van der Waals surface area (Å²) in [6, 6.07) is 2.92. The third-order valence-corrected chi connectivity index (χ3v) is 16.1. The van der Waals surface area contributed by atoms with Crippen LogP contribution in [0.2, 0.25) is 0 Å². The van der Waals surface area contributed by atoms with Gasteiger partial charge in [0.2, 0.25) is 76.8 Å². The number of aromatic amines is 2. The van der Waals surface area contributed by atoms with Gasteiger partial charge in [-0.1, -0.05) is 62.4 Å². The number of primary amides is 2. The second-order valence-corrected chi connectivity index (χ2v) is 23.8. The summed E-state index contributed by atoms with van der Waals surface area (Å²) in [6.07, 6.45) is 4.67. The Morgan fingerprint density at radius 2 is 1.33 bits per heavy atom. The predicted octanol–water partition coefficient (Wildman–Crippen LogP) is -3.26. The monoisotopic (exact) mass is 1280 g/mol. The van der Waals surface area contributed by atoms with Crippen LogP contribution in [0.4, 0.5) is 0 Å². The number of nitrogens with one attached hydrogen (secondary N) is 12. The number of carbonyl (C=O) groups excluding carboxylic acids is 13. The van der Waals surface area contributed by atoms with Crippen molar-refractivity contribution in [2.75, 3.05) is 25.1 Å². The van der Waals surface area contributed by atoms with Crippen LogP contribution in [0, 0.1) is 5.92 Å². The maximum Gasteiger partial charge on any atom is 0.248 e. The number of imidazole rings is 1. The molecule has 492 valence electrons. The standard InChI is InChI=1S/C60H82N16O14S/c1-31(2)49(59(89)65-29-48(80)69-44(26-36-28-63-30-66-36)57(87)72-42(24-34-12-7-6-8-13-34)56(86)70-39(51(62)81)21-23-91-5)74-52(82)32(3)67-55(85)43(25-35-27-64-38-15-10-9-14-37(35)38)73-53(83)41(17-19-46(61)78)71-58(88)45-16-11-22-76(45)60(90)50(33(4)77)75-54(84)40-18-20-47(79)68-40/h6-10,12-15,27-28,30-33,39-45,49-50,64,77H,11,16-26,29H2,1-5H3,(H2,61,78)(H2,62,81)(H,63,66)(H,65,89)(H,67,85)(H,68,79)(H,69,80)(H,70,86)(H,71,88)(H,72,87)(H,73,83)(H,74,82)(H,75,84)/t32-,33+,39-,40?,41-,42-,43-,44-,45-,49?,50-/m0/s1. The number of thioether (sulfide) groups is 1. The van der Waals surface area contributed by atoms with E-state index in [1.54, 1.807) is 74.6 Å². The summed E-state index contributed by atoms with van der Waals surface area (Å²) in [5, 5.41) is 37.2. The first-order valence-electron chi connectivity index (χ1n) is 29.9. The molecule has 4 heterocycles. The van der Waals surface area contributed by atoms with Gasteiger partial charge in [-0.2, -0.15) is 11.8 Å². The van der Waals surface area contributed by atoms with E-state index in [9.17, 15) is 67.4 Å². The first-order chi connectivity index (χ1) is 43.3. The minimum atomic E-state index is -1.53. The molecule has 0 saturated carbocycles. The van der Waals surface area contributed by atoms with E-state index in [2.05, 4.69) is 68.1 Å². The first-order valence-corrected chi connectivity index (χ1v) is 31.3. The lowest BCUT2D eigenvalue weighted by atomic mass is 10.0. The van der Waals surface area contributed by atoms with Gasteiger partial charge < -0.3 is 84.6 Å². The van der Waals surface area contributed by atoms with Crippen molar-refractivity contribution in [3.63, 3.8) is 0 Å². The number of aliphatic hydroxyl groups excluding tert-OH is 1. The maximum absolute atomic E-state index is 14.4. The molecule has 13 amide bonds. The van der Waals surface area contributed by atoms with E-state index in [0.29, 0.717) is 39.9 Å². The van der Waals surface area contributed by atoms with Crippen LogP contribution < -0.4 is 64.6 Å². The molecule has 0 radical (unpaired) electrons. The zero-order valence-corrected chi connectivity index (χ0v) is 52.1. The third-order valence-electron chi connectivity index (χ3n) is 15.5. The number of aromatic nitrogens is 3. The number of hydrogen-bond donors (Lipinski definition) is 15. The summed E-state index contributed by atoms with van der Waals surface area (Å²) in [4.78, 5) is 187. The third kappa shape index (κ3) is 20.8. The number of likely N-dealkylation sites (tertiary alicyclic amines) is 1. The fourth-order valence-electron chi connectivity index (χ4n) is 10.4. The van der Waals surface area contributed by atoms with Crippen molar-refractivity contribution < 1.29 is 67.4 Å². The Balaban J connectivity index is 1.12. The number of carbonyl (C=O) groups is 13. The van der Waals surface area contributed by atoms with Gasteiger partial charge in [0.1, 0.15) is 60.4 Å². The molecule has 91 heavy (non-hydrogen) atoms. The normalized spacial score (nSPS) is 17.5. The van der Waals surface area contributed by atoms with Crippen molar-refractivity contribution in [3.05, 3.63) is 90.1 Å². The molecule has 2 unspecified atom stereocenters. The van der Waals surface area contributed by atoms with E-state index in [0.717, 1.165) is 4.90 Å². The van der Waals surface area contributed by atoms with Gasteiger partial charge in [-0.15, -0.1) is 0 Å². The lowest BCUT2D eigenvalue weighted by Gasteiger charge is -2.31. The van der Waals surface area contributed by atoms with Gasteiger partial charge in [0.15, 0.2) is 0 Å². The Hall–Kier alpha value is -9.39. The molecule has 0 bridgehead atoms. The number of hydrogen-bond acceptors (Lipinski definition) is 16. The van der Waals surface area contributed by atoms with Crippen molar-refractivity contribution in [3.8, 4) is 0 Å². The topological polar surface area (TPSA) is 462 Å². The molecule has 4 aromatic rings. The number of nitrogens with zero attached hydrogens (tertiary/aromatic N) is 2. The average Bonchev–Trinajstić information content (AvgIpc) is 4.03.